The third kappa shape index (κ3) is 2.52. The molecule has 3 aromatic rings. The second kappa shape index (κ2) is 6.14. The minimum absolute atomic E-state index is 0.0814. The predicted molar refractivity (Wildman–Crippen MR) is 106 cm³/mol. The molecule has 2 aromatic carbocycles. The Kier molecular flexibility index (Phi) is 3.76. The van der Waals surface area contributed by atoms with E-state index in [-0.39, 0.29) is 18.0 Å². The summed E-state index contributed by atoms with van der Waals surface area (Å²) in [7, 11) is 0. The van der Waals surface area contributed by atoms with Crippen molar-refractivity contribution in [2.75, 3.05) is 0 Å². The number of hydrogen-bond acceptors (Lipinski definition) is 5. The van der Waals surface area contributed by atoms with Gasteiger partial charge in [0.25, 0.3) is 0 Å². The van der Waals surface area contributed by atoms with Crippen LogP contribution in [0.5, 0.6) is 11.5 Å². The molecule has 2 aliphatic rings. The van der Waals surface area contributed by atoms with Gasteiger partial charge in [0.1, 0.15) is 11.5 Å². The van der Waals surface area contributed by atoms with Crippen LogP contribution in [0.2, 0.25) is 0 Å². The Morgan fingerprint density at radius 2 is 2.04 bits per heavy atom. The molecule has 0 radical (unpaired) electrons. The second-order valence-electron chi connectivity index (χ2n) is 6.33. The third-order valence-corrected chi connectivity index (χ3v) is 6.15. The topological polar surface area (TPSA) is 45.1 Å². The highest BCUT2D eigenvalue weighted by Gasteiger charge is 2.41. The van der Waals surface area contributed by atoms with Gasteiger partial charge in [-0.25, -0.2) is 5.01 Å². The van der Waals surface area contributed by atoms with Crippen LogP contribution < -0.4 is 4.74 Å². The van der Waals surface area contributed by atoms with Crippen LogP contribution in [0.1, 0.15) is 34.7 Å². The molecule has 2 atom stereocenters. The number of fused-ring (bicyclic) bond motifs is 3. The molecule has 0 saturated heterocycles. The standard InChI is InChI=1S/C20H15BrN2O2S/c21-12-7-8-18-14(10-12)16-11-15(13-4-1-2-5-17(13)24)22-23(16)20(25-18)19-6-3-9-26-19/h1-10,16,20,24H,11H2/t16-,20+/m1/s1. The highest BCUT2D eigenvalue weighted by atomic mass is 79.9. The Balaban J connectivity index is 1.62. The van der Waals surface area contributed by atoms with Gasteiger partial charge in [-0.1, -0.05) is 34.1 Å². The molecule has 0 fully saturated rings. The van der Waals surface area contributed by atoms with Gasteiger partial charge < -0.3 is 9.84 Å². The molecule has 0 unspecified atom stereocenters. The number of nitrogens with zero attached hydrogens (tertiary/aromatic N) is 2. The fraction of sp³-hybridized carbons (Fsp3) is 0.150. The molecule has 4 nitrogen and oxygen atoms in total. The molecule has 0 aliphatic carbocycles. The van der Waals surface area contributed by atoms with Gasteiger partial charge in [0, 0.05) is 22.0 Å². The molecule has 0 bridgehead atoms. The molecule has 0 saturated carbocycles. The Morgan fingerprint density at radius 1 is 1.15 bits per heavy atom. The first-order valence-electron chi connectivity index (χ1n) is 8.34. The fourth-order valence-electron chi connectivity index (χ4n) is 3.56. The van der Waals surface area contributed by atoms with Gasteiger partial charge in [-0.2, -0.15) is 5.10 Å². The van der Waals surface area contributed by atoms with Crippen molar-refractivity contribution in [2.24, 2.45) is 5.10 Å². The average Bonchev–Trinajstić information content (AvgIpc) is 3.32. The zero-order valence-corrected chi connectivity index (χ0v) is 16.1. The lowest BCUT2D eigenvalue weighted by Crippen LogP contribution is -2.33. The van der Waals surface area contributed by atoms with E-state index in [4.69, 9.17) is 9.84 Å². The second-order valence-corrected chi connectivity index (χ2v) is 8.23. The molecular formula is C20H15BrN2O2S. The van der Waals surface area contributed by atoms with Gasteiger partial charge in [-0.3, -0.25) is 0 Å². The van der Waals surface area contributed by atoms with E-state index in [2.05, 4.69) is 33.4 Å². The minimum atomic E-state index is -0.253. The van der Waals surface area contributed by atoms with E-state index in [0.717, 1.165) is 38.4 Å². The number of benzene rings is 2. The molecule has 5 rings (SSSR count). The van der Waals surface area contributed by atoms with Crippen molar-refractivity contribution in [3.63, 3.8) is 0 Å². The van der Waals surface area contributed by atoms with Crippen LogP contribution in [-0.4, -0.2) is 15.8 Å². The summed E-state index contributed by atoms with van der Waals surface area (Å²) in [6.07, 6.45) is 0.476. The molecule has 130 valence electrons. The molecule has 2 aliphatic heterocycles. The summed E-state index contributed by atoms with van der Waals surface area (Å²) in [5.74, 6) is 1.15. The molecule has 0 spiro atoms. The molecular weight excluding hydrogens is 412 g/mol. The summed E-state index contributed by atoms with van der Waals surface area (Å²) in [5, 5.41) is 19.2. The summed E-state index contributed by atoms with van der Waals surface area (Å²) < 4.78 is 7.32. The Bertz CT molecular complexity index is 1000. The van der Waals surface area contributed by atoms with E-state index in [9.17, 15) is 5.11 Å². The van der Waals surface area contributed by atoms with E-state index < -0.39 is 0 Å². The normalized spacial score (nSPS) is 21.0. The summed E-state index contributed by atoms with van der Waals surface area (Å²) in [6.45, 7) is 0. The maximum atomic E-state index is 10.3. The SMILES string of the molecule is Oc1ccccc1C1=NN2[C@H](C1)c1cc(Br)ccc1O[C@H]2c1cccs1. The fourth-order valence-corrected chi connectivity index (χ4v) is 4.68. The van der Waals surface area contributed by atoms with E-state index >= 15 is 0 Å². The number of rotatable bonds is 2. The molecule has 0 amide bonds. The maximum Gasteiger partial charge on any atom is 0.222 e. The number of phenols is 1. The Hall–Kier alpha value is -2.31. The van der Waals surface area contributed by atoms with Crippen LogP contribution in [0.4, 0.5) is 0 Å². The maximum absolute atomic E-state index is 10.3. The van der Waals surface area contributed by atoms with Gasteiger partial charge in [-0.15, -0.1) is 11.3 Å². The van der Waals surface area contributed by atoms with Gasteiger partial charge in [0.05, 0.1) is 16.6 Å². The lowest BCUT2D eigenvalue weighted by molar-refractivity contribution is -0.0166. The first kappa shape index (κ1) is 15.9. The number of halogens is 1. The third-order valence-electron chi connectivity index (χ3n) is 4.75. The Labute approximate surface area is 163 Å². The number of thiophene rings is 1. The van der Waals surface area contributed by atoms with Crippen molar-refractivity contribution in [1.82, 2.24) is 5.01 Å². The zero-order chi connectivity index (χ0) is 17.7. The van der Waals surface area contributed by atoms with Crippen molar-refractivity contribution in [2.45, 2.75) is 18.7 Å². The lowest BCUT2D eigenvalue weighted by Gasteiger charge is -2.37. The first-order chi connectivity index (χ1) is 12.7. The van der Waals surface area contributed by atoms with Gasteiger partial charge in [-0.05, 0) is 41.8 Å². The van der Waals surface area contributed by atoms with E-state index in [1.807, 2.05) is 41.4 Å². The smallest absolute Gasteiger partial charge is 0.222 e. The first-order valence-corrected chi connectivity index (χ1v) is 10.0. The molecule has 1 aromatic heterocycles. The van der Waals surface area contributed by atoms with Gasteiger partial charge in [0.2, 0.25) is 6.23 Å². The van der Waals surface area contributed by atoms with Gasteiger partial charge in [0.15, 0.2) is 0 Å². The van der Waals surface area contributed by atoms with Crippen molar-refractivity contribution >= 4 is 33.0 Å². The molecule has 3 heterocycles. The number of ether oxygens (including phenoxy) is 1. The van der Waals surface area contributed by atoms with Crippen molar-refractivity contribution < 1.29 is 9.84 Å². The van der Waals surface area contributed by atoms with E-state index in [1.165, 1.54) is 0 Å². The largest absolute Gasteiger partial charge is 0.507 e. The summed E-state index contributed by atoms with van der Waals surface area (Å²) in [5.41, 5.74) is 2.77. The van der Waals surface area contributed by atoms with E-state index in [0.29, 0.717) is 0 Å². The number of hydrazone groups is 1. The van der Waals surface area contributed by atoms with Crippen LogP contribution in [-0.2, 0) is 0 Å². The lowest BCUT2D eigenvalue weighted by atomic mass is 9.96. The number of phenolic OH excluding ortho intramolecular Hbond substituents is 1. The van der Waals surface area contributed by atoms with Crippen molar-refractivity contribution in [1.29, 1.82) is 0 Å². The summed E-state index contributed by atoms with van der Waals surface area (Å²) in [4.78, 5) is 1.12. The number of para-hydroxylation sites is 1. The number of hydrogen-bond donors (Lipinski definition) is 1. The minimum Gasteiger partial charge on any atom is -0.507 e. The molecule has 26 heavy (non-hydrogen) atoms. The highest BCUT2D eigenvalue weighted by molar-refractivity contribution is 9.10. The average molecular weight is 427 g/mol. The van der Waals surface area contributed by atoms with Crippen LogP contribution >= 0.6 is 27.3 Å². The molecule has 6 heteroatoms. The quantitative estimate of drug-likeness (QED) is 0.591. The van der Waals surface area contributed by atoms with Crippen LogP contribution in [0, 0.1) is 0 Å². The van der Waals surface area contributed by atoms with Crippen molar-refractivity contribution in [3.05, 3.63) is 80.5 Å². The summed E-state index contributed by atoms with van der Waals surface area (Å²) >= 11 is 5.23. The van der Waals surface area contributed by atoms with Crippen LogP contribution in [0.25, 0.3) is 0 Å². The van der Waals surface area contributed by atoms with Gasteiger partial charge >= 0.3 is 0 Å². The summed E-state index contributed by atoms with van der Waals surface area (Å²) in [6, 6.07) is 17.7. The highest BCUT2D eigenvalue weighted by Crippen LogP contribution is 2.49. The van der Waals surface area contributed by atoms with Crippen molar-refractivity contribution in [3.8, 4) is 11.5 Å². The molecule has 1 N–H and O–H groups in total. The van der Waals surface area contributed by atoms with Crippen LogP contribution in [0.15, 0.2) is 69.6 Å². The monoisotopic (exact) mass is 426 g/mol. The number of aromatic hydroxyl groups is 1. The predicted octanol–water partition coefficient (Wildman–Crippen LogP) is 5.46. The zero-order valence-electron chi connectivity index (χ0n) is 13.7. The Morgan fingerprint density at radius 3 is 2.85 bits per heavy atom. The van der Waals surface area contributed by atoms with E-state index in [1.54, 1.807) is 17.4 Å². The van der Waals surface area contributed by atoms with Crippen LogP contribution in [0.3, 0.4) is 0 Å².